The zero-order chi connectivity index (χ0) is 13.7. The van der Waals surface area contributed by atoms with Gasteiger partial charge < -0.3 is 9.32 Å². The number of hydrogen-bond donors (Lipinski definition) is 0. The molecule has 4 nitrogen and oxygen atoms in total. The first-order valence-electron chi connectivity index (χ1n) is 5.73. The second-order valence-corrected chi connectivity index (χ2v) is 4.51. The van der Waals surface area contributed by atoms with Gasteiger partial charge in [0.1, 0.15) is 5.76 Å². The Kier molecular flexibility index (Phi) is 4.36. The Morgan fingerprint density at radius 2 is 1.95 bits per heavy atom. The van der Waals surface area contributed by atoms with E-state index in [2.05, 4.69) is 10.2 Å². The van der Waals surface area contributed by atoms with Crippen LogP contribution in [0.3, 0.4) is 0 Å². The molecule has 98 valence electrons. The van der Waals surface area contributed by atoms with Crippen molar-refractivity contribution in [2.45, 2.75) is 0 Å². The van der Waals surface area contributed by atoms with Crippen LogP contribution >= 0.6 is 11.6 Å². The van der Waals surface area contributed by atoms with Gasteiger partial charge in [0.25, 0.3) is 0 Å². The van der Waals surface area contributed by atoms with Gasteiger partial charge >= 0.3 is 0 Å². The summed E-state index contributed by atoms with van der Waals surface area (Å²) in [5.41, 5.74) is 1.87. The van der Waals surface area contributed by atoms with Gasteiger partial charge in [-0.25, -0.2) is 0 Å². The molecule has 0 N–H and O–H groups in total. The molecule has 0 bridgehead atoms. The summed E-state index contributed by atoms with van der Waals surface area (Å²) >= 11 is 6.16. The standard InChI is InChI=1S/C14H14ClN3O/c1-18(2)12-6-5-11(14(15)8-12)9-16-17-10-13-4-3-7-19-13/h3-10H,1-2H3/b16-9?,17-10+. The third kappa shape index (κ3) is 3.69. The molecule has 0 saturated heterocycles. The molecule has 2 aromatic rings. The number of halogens is 1. The average Bonchev–Trinajstić information content (AvgIpc) is 2.89. The Labute approximate surface area is 117 Å². The molecule has 0 radical (unpaired) electrons. The third-order valence-electron chi connectivity index (χ3n) is 2.49. The number of rotatable bonds is 4. The normalized spacial score (nSPS) is 11.5. The summed E-state index contributed by atoms with van der Waals surface area (Å²) in [5.74, 6) is 0.659. The van der Waals surface area contributed by atoms with Crippen LogP contribution in [0.15, 0.2) is 51.2 Å². The second kappa shape index (κ2) is 6.20. The highest BCUT2D eigenvalue weighted by Gasteiger charge is 2.00. The van der Waals surface area contributed by atoms with Crippen LogP contribution in [-0.2, 0) is 0 Å². The lowest BCUT2D eigenvalue weighted by Crippen LogP contribution is -2.08. The van der Waals surface area contributed by atoms with Gasteiger partial charge in [0.2, 0.25) is 0 Å². The molecule has 0 fully saturated rings. The number of hydrogen-bond acceptors (Lipinski definition) is 4. The van der Waals surface area contributed by atoms with Crippen LogP contribution in [-0.4, -0.2) is 26.5 Å². The van der Waals surface area contributed by atoms with Crippen LogP contribution in [0.25, 0.3) is 0 Å². The van der Waals surface area contributed by atoms with Gasteiger partial charge in [0, 0.05) is 25.3 Å². The first kappa shape index (κ1) is 13.4. The van der Waals surface area contributed by atoms with Crippen molar-refractivity contribution < 1.29 is 4.42 Å². The van der Waals surface area contributed by atoms with Crippen molar-refractivity contribution in [3.63, 3.8) is 0 Å². The minimum Gasteiger partial charge on any atom is -0.463 e. The molecule has 0 amide bonds. The predicted octanol–water partition coefficient (Wildman–Crippen LogP) is 3.45. The van der Waals surface area contributed by atoms with E-state index in [-0.39, 0.29) is 0 Å². The molecule has 5 heteroatoms. The lowest BCUT2D eigenvalue weighted by atomic mass is 10.2. The van der Waals surface area contributed by atoms with Crippen LogP contribution in [0.1, 0.15) is 11.3 Å². The molecule has 0 aliphatic rings. The first-order chi connectivity index (χ1) is 9.16. The van der Waals surface area contributed by atoms with E-state index in [1.807, 2.05) is 37.2 Å². The van der Waals surface area contributed by atoms with Gasteiger partial charge in [-0.3, -0.25) is 0 Å². The average molecular weight is 276 g/mol. The SMILES string of the molecule is CN(C)c1ccc(C=N/N=C/c2ccco2)c(Cl)c1. The van der Waals surface area contributed by atoms with Crippen LogP contribution in [0.2, 0.25) is 5.02 Å². The highest BCUT2D eigenvalue weighted by Crippen LogP contribution is 2.21. The Bertz CT molecular complexity index is 589. The first-order valence-corrected chi connectivity index (χ1v) is 6.11. The molecule has 1 aromatic heterocycles. The predicted molar refractivity (Wildman–Crippen MR) is 79.7 cm³/mol. The van der Waals surface area contributed by atoms with Crippen molar-refractivity contribution >= 4 is 29.7 Å². The van der Waals surface area contributed by atoms with Crippen molar-refractivity contribution in [3.05, 3.63) is 52.9 Å². The highest BCUT2D eigenvalue weighted by atomic mass is 35.5. The van der Waals surface area contributed by atoms with Gasteiger partial charge in [0.15, 0.2) is 0 Å². The molecule has 2 rings (SSSR count). The molecule has 19 heavy (non-hydrogen) atoms. The van der Waals surface area contributed by atoms with Crippen LogP contribution < -0.4 is 4.90 Å². The Morgan fingerprint density at radius 1 is 1.16 bits per heavy atom. The van der Waals surface area contributed by atoms with Crippen molar-refractivity contribution in [1.82, 2.24) is 0 Å². The fourth-order valence-corrected chi connectivity index (χ4v) is 1.67. The summed E-state index contributed by atoms with van der Waals surface area (Å²) in [6.07, 6.45) is 4.74. The third-order valence-corrected chi connectivity index (χ3v) is 2.82. The van der Waals surface area contributed by atoms with Crippen LogP contribution in [0, 0.1) is 0 Å². The van der Waals surface area contributed by atoms with E-state index in [1.54, 1.807) is 30.8 Å². The molecule has 0 unspecified atom stereocenters. The summed E-state index contributed by atoms with van der Waals surface area (Å²) in [6, 6.07) is 9.37. The topological polar surface area (TPSA) is 41.1 Å². The van der Waals surface area contributed by atoms with Crippen molar-refractivity contribution in [2.24, 2.45) is 10.2 Å². The fraction of sp³-hybridized carbons (Fsp3) is 0.143. The summed E-state index contributed by atoms with van der Waals surface area (Å²) in [6.45, 7) is 0. The molecule has 0 aliphatic heterocycles. The monoisotopic (exact) mass is 275 g/mol. The van der Waals surface area contributed by atoms with Gasteiger partial charge in [-0.2, -0.15) is 10.2 Å². The van der Waals surface area contributed by atoms with Crippen molar-refractivity contribution in [2.75, 3.05) is 19.0 Å². The quantitative estimate of drug-likeness (QED) is 0.633. The lowest BCUT2D eigenvalue weighted by Gasteiger charge is -2.12. The van der Waals surface area contributed by atoms with Crippen molar-refractivity contribution in [3.8, 4) is 0 Å². The molecule has 0 aliphatic carbocycles. The van der Waals surface area contributed by atoms with Gasteiger partial charge in [-0.05, 0) is 30.3 Å². The van der Waals surface area contributed by atoms with E-state index in [0.29, 0.717) is 10.8 Å². The van der Waals surface area contributed by atoms with E-state index >= 15 is 0 Å². The Morgan fingerprint density at radius 3 is 2.58 bits per heavy atom. The number of anilines is 1. The molecular formula is C14H14ClN3O. The largest absolute Gasteiger partial charge is 0.463 e. The Balaban J connectivity index is 2.07. The fourth-order valence-electron chi connectivity index (χ4n) is 1.45. The smallest absolute Gasteiger partial charge is 0.146 e. The van der Waals surface area contributed by atoms with E-state index in [0.717, 1.165) is 11.3 Å². The number of nitrogens with zero attached hydrogens (tertiary/aromatic N) is 3. The lowest BCUT2D eigenvalue weighted by molar-refractivity contribution is 0.560. The molecule has 0 spiro atoms. The number of benzene rings is 1. The maximum absolute atomic E-state index is 6.16. The van der Waals surface area contributed by atoms with Gasteiger partial charge in [-0.1, -0.05) is 11.6 Å². The van der Waals surface area contributed by atoms with E-state index in [9.17, 15) is 0 Å². The number of furan rings is 1. The molecular weight excluding hydrogens is 262 g/mol. The summed E-state index contributed by atoms with van der Waals surface area (Å²) < 4.78 is 5.10. The summed E-state index contributed by atoms with van der Waals surface area (Å²) in [4.78, 5) is 1.99. The maximum Gasteiger partial charge on any atom is 0.146 e. The zero-order valence-electron chi connectivity index (χ0n) is 10.7. The zero-order valence-corrected chi connectivity index (χ0v) is 11.5. The van der Waals surface area contributed by atoms with Gasteiger partial charge in [-0.15, -0.1) is 0 Å². The van der Waals surface area contributed by atoms with Crippen LogP contribution in [0.4, 0.5) is 5.69 Å². The summed E-state index contributed by atoms with van der Waals surface area (Å²) in [7, 11) is 3.93. The van der Waals surface area contributed by atoms with Crippen LogP contribution in [0.5, 0.6) is 0 Å². The maximum atomic E-state index is 6.16. The summed E-state index contributed by atoms with van der Waals surface area (Å²) in [5, 5.41) is 8.47. The molecule has 1 heterocycles. The Hall–Kier alpha value is -2.07. The van der Waals surface area contributed by atoms with E-state index in [1.165, 1.54) is 0 Å². The minimum absolute atomic E-state index is 0.642. The minimum atomic E-state index is 0.642. The van der Waals surface area contributed by atoms with E-state index < -0.39 is 0 Å². The molecule has 0 saturated carbocycles. The second-order valence-electron chi connectivity index (χ2n) is 4.10. The highest BCUT2D eigenvalue weighted by molar-refractivity contribution is 6.33. The molecule has 0 atom stereocenters. The van der Waals surface area contributed by atoms with Gasteiger partial charge in [0.05, 0.1) is 23.7 Å². The van der Waals surface area contributed by atoms with Crippen molar-refractivity contribution in [1.29, 1.82) is 0 Å². The van der Waals surface area contributed by atoms with E-state index in [4.69, 9.17) is 16.0 Å². The molecule has 1 aromatic carbocycles.